The van der Waals surface area contributed by atoms with Crippen molar-refractivity contribution in [2.75, 3.05) is 40.8 Å². The van der Waals surface area contributed by atoms with Gasteiger partial charge in [0, 0.05) is 36.6 Å². The minimum atomic E-state index is -4.47. The number of aromatic amines is 1. The van der Waals surface area contributed by atoms with Crippen LogP contribution in [0.15, 0.2) is 36.9 Å². The van der Waals surface area contributed by atoms with Crippen molar-refractivity contribution >= 4 is 11.6 Å². The number of hydrogen-bond acceptors (Lipinski definition) is 7. The van der Waals surface area contributed by atoms with Crippen LogP contribution in [0.5, 0.6) is 5.75 Å². The number of pyridine rings is 2. The third-order valence-electron chi connectivity index (χ3n) is 6.89. The van der Waals surface area contributed by atoms with Crippen LogP contribution < -0.4 is 4.74 Å². The first-order chi connectivity index (χ1) is 18.6. The van der Waals surface area contributed by atoms with Gasteiger partial charge in [0.05, 0.1) is 31.5 Å². The number of nitrogens with zero attached hydrogens (tertiary/aromatic N) is 7. The number of nitrogens with one attached hydrogen (secondary N) is 1. The molecule has 0 unspecified atom stereocenters. The highest BCUT2D eigenvalue weighted by Crippen LogP contribution is 2.36. The quantitative estimate of drug-likeness (QED) is 0.381. The standard InChI is InChI=1S/C26H29F3N8O2/c1-35(2)14-22(38)36-8-6-16(7-9-36)17-4-5-20(30-12-17)24-19(11-26(27,28)29)23(33-34-24)18-10-21(39-3)25-31-15-32-37(25)13-18/h4-5,10,12-13,15-16H,6-9,11,14H2,1-3H3,(H,33,34). The van der Waals surface area contributed by atoms with E-state index in [-0.39, 0.29) is 28.8 Å². The van der Waals surface area contributed by atoms with Gasteiger partial charge in [-0.1, -0.05) is 6.07 Å². The van der Waals surface area contributed by atoms with Crippen molar-refractivity contribution < 1.29 is 22.7 Å². The molecule has 39 heavy (non-hydrogen) atoms. The molecule has 13 heteroatoms. The molecular formula is C26H29F3N8O2. The van der Waals surface area contributed by atoms with Crippen molar-refractivity contribution in [2.45, 2.75) is 31.4 Å². The van der Waals surface area contributed by atoms with E-state index in [1.165, 1.54) is 18.0 Å². The lowest BCUT2D eigenvalue weighted by atomic mass is 9.90. The van der Waals surface area contributed by atoms with Gasteiger partial charge in [-0.15, -0.1) is 0 Å². The van der Waals surface area contributed by atoms with Gasteiger partial charge in [0.2, 0.25) is 5.91 Å². The molecule has 1 saturated heterocycles. The summed E-state index contributed by atoms with van der Waals surface area (Å²) in [5, 5.41) is 11.1. The number of piperidine rings is 1. The number of fused-ring (bicyclic) bond motifs is 1. The molecule has 0 radical (unpaired) electrons. The molecule has 0 aliphatic carbocycles. The second-order valence-electron chi connectivity index (χ2n) is 9.91. The Balaban J connectivity index is 1.41. The summed E-state index contributed by atoms with van der Waals surface area (Å²) in [4.78, 5) is 24.7. The molecule has 1 fully saturated rings. The number of carbonyl (C=O) groups excluding carboxylic acids is 1. The molecular weight excluding hydrogens is 513 g/mol. The molecule has 1 aliphatic heterocycles. The SMILES string of the molecule is COc1cc(-c2[nH]nc(-c3ccc(C4CCN(C(=O)CN(C)C)CC4)cn3)c2CC(F)(F)F)cn2ncnc12. The number of carbonyl (C=O) groups is 1. The Morgan fingerprint density at radius 2 is 1.97 bits per heavy atom. The number of rotatable bonds is 7. The van der Waals surface area contributed by atoms with E-state index < -0.39 is 12.6 Å². The Labute approximate surface area is 222 Å². The van der Waals surface area contributed by atoms with Crippen molar-refractivity contribution in [3.05, 3.63) is 48.0 Å². The number of halogens is 3. The molecule has 0 spiro atoms. The average Bonchev–Trinajstić information content (AvgIpc) is 3.54. The lowest BCUT2D eigenvalue weighted by Gasteiger charge is -2.32. The molecule has 1 aliphatic rings. The van der Waals surface area contributed by atoms with Gasteiger partial charge < -0.3 is 14.5 Å². The number of amides is 1. The molecule has 5 heterocycles. The first-order valence-electron chi connectivity index (χ1n) is 12.5. The number of H-pyrrole nitrogens is 1. The zero-order chi connectivity index (χ0) is 27.7. The van der Waals surface area contributed by atoms with E-state index in [0.717, 1.165) is 18.4 Å². The van der Waals surface area contributed by atoms with Gasteiger partial charge in [0.25, 0.3) is 0 Å². The molecule has 0 saturated carbocycles. The summed E-state index contributed by atoms with van der Waals surface area (Å²) in [5.41, 5.74) is 2.53. The van der Waals surface area contributed by atoms with Crippen molar-refractivity contribution in [2.24, 2.45) is 0 Å². The Bertz CT molecular complexity index is 1450. The van der Waals surface area contributed by atoms with Gasteiger partial charge in [-0.05, 0) is 50.6 Å². The van der Waals surface area contributed by atoms with Crippen LogP contribution in [0.3, 0.4) is 0 Å². The number of hydrogen-bond donors (Lipinski definition) is 1. The number of alkyl halides is 3. The maximum Gasteiger partial charge on any atom is 0.393 e. The summed E-state index contributed by atoms with van der Waals surface area (Å²) < 4.78 is 47.9. The van der Waals surface area contributed by atoms with Gasteiger partial charge in [0.15, 0.2) is 11.4 Å². The number of aromatic nitrogens is 6. The third-order valence-corrected chi connectivity index (χ3v) is 6.89. The summed E-state index contributed by atoms with van der Waals surface area (Å²) in [6.45, 7) is 1.71. The maximum absolute atomic E-state index is 13.7. The van der Waals surface area contributed by atoms with E-state index in [0.29, 0.717) is 42.3 Å². The molecule has 1 amide bonds. The lowest BCUT2D eigenvalue weighted by Crippen LogP contribution is -2.42. The highest BCUT2D eigenvalue weighted by atomic mass is 19.4. The van der Waals surface area contributed by atoms with Crippen LogP contribution in [0.25, 0.3) is 28.3 Å². The number of ether oxygens (including phenoxy) is 1. The fourth-order valence-electron chi connectivity index (χ4n) is 4.99. The van der Waals surface area contributed by atoms with Gasteiger partial charge in [-0.3, -0.25) is 14.9 Å². The molecule has 0 atom stereocenters. The Kier molecular flexibility index (Phi) is 7.25. The fourth-order valence-corrected chi connectivity index (χ4v) is 4.99. The Morgan fingerprint density at radius 1 is 1.21 bits per heavy atom. The largest absolute Gasteiger partial charge is 0.493 e. The van der Waals surface area contributed by atoms with Crippen LogP contribution in [0.2, 0.25) is 0 Å². The van der Waals surface area contributed by atoms with Crippen molar-refractivity contribution in [1.82, 2.24) is 39.6 Å². The third kappa shape index (κ3) is 5.72. The van der Waals surface area contributed by atoms with Crippen LogP contribution in [0.4, 0.5) is 13.2 Å². The predicted molar refractivity (Wildman–Crippen MR) is 137 cm³/mol. The normalized spacial score (nSPS) is 14.9. The van der Waals surface area contributed by atoms with Gasteiger partial charge in [-0.2, -0.15) is 23.4 Å². The summed E-state index contributed by atoms with van der Waals surface area (Å²) in [6.07, 6.45) is 0.578. The summed E-state index contributed by atoms with van der Waals surface area (Å²) in [6, 6.07) is 5.20. The molecule has 5 rings (SSSR count). The monoisotopic (exact) mass is 542 g/mol. The van der Waals surface area contributed by atoms with Crippen molar-refractivity contribution in [1.29, 1.82) is 0 Å². The van der Waals surface area contributed by atoms with Gasteiger partial charge >= 0.3 is 6.18 Å². The average molecular weight is 543 g/mol. The van der Waals surface area contributed by atoms with E-state index in [2.05, 4.69) is 25.3 Å². The second-order valence-corrected chi connectivity index (χ2v) is 9.91. The Hall–Kier alpha value is -4.00. The molecule has 0 bridgehead atoms. The van der Waals surface area contributed by atoms with E-state index in [1.54, 1.807) is 24.5 Å². The molecule has 1 N–H and O–H groups in total. The number of likely N-dealkylation sites (tertiary alicyclic amines) is 1. The van der Waals surface area contributed by atoms with Crippen LogP contribution >= 0.6 is 0 Å². The van der Waals surface area contributed by atoms with Gasteiger partial charge in [0.1, 0.15) is 12.0 Å². The van der Waals surface area contributed by atoms with Crippen LogP contribution in [0, 0.1) is 0 Å². The highest BCUT2D eigenvalue weighted by molar-refractivity contribution is 5.78. The minimum Gasteiger partial charge on any atom is -0.493 e. The number of methoxy groups -OCH3 is 1. The molecule has 4 aromatic heterocycles. The molecule has 206 valence electrons. The predicted octanol–water partition coefficient (Wildman–Crippen LogP) is 3.56. The number of likely N-dealkylation sites (N-methyl/N-ethyl adjacent to an activating group) is 1. The van der Waals surface area contributed by atoms with E-state index >= 15 is 0 Å². The van der Waals surface area contributed by atoms with Gasteiger partial charge in [-0.25, -0.2) is 9.50 Å². The molecule has 4 aromatic rings. The van der Waals surface area contributed by atoms with Crippen LogP contribution in [0.1, 0.15) is 29.9 Å². The Morgan fingerprint density at radius 3 is 2.62 bits per heavy atom. The van der Waals surface area contributed by atoms with E-state index in [4.69, 9.17) is 4.74 Å². The summed E-state index contributed by atoms with van der Waals surface area (Å²) in [5.74, 6) is 0.705. The van der Waals surface area contributed by atoms with Crippen molar-refractivity contribution in [3.63, 3.8) is 0 Å². The first kappa shape index (κ1) is 26.6. The molecule has 10 nitrogen and oxygen atoms in total. The zero-order valence-corrected chi connectivity index (χ0v) is 21.9. The highest BCUT2D eigenvalue weighted by Gasteiger charge is 2.33. The van der Waals surface area contributed by atoms with Crippen LogP contribution in [-0.2, 0) is 11.2 Å². The topological polar surface area (TPSA) is 105 Å². The van der Waals surface area contributed by atoms with Crippen LogP contribution in [-0.4, -0.2) is 92.5 Å². The minimum absolute atomic E-state index is 0.0167. The van der Waals surface area contributed by atoms with E-state index in [9.17, 15) is 18.0 Å². The zero-order valence-electron chi connectivity index (χ0n) is 21.9. The summed E-state index contributed by atoms with van der Waals surface area (Å²) >= 11 is 0. The molecule has 0 aromatic carbocycles. The smallest absolute Gasteiger partial charge is 0.393 e. The van der Waals surface area contributed by atoms with E-state index in [1.807, 2.05) is 30.0 Å². The fraction of sp³-hybridized carbons (Fsp3) is 0.423. The summed E-state index contributed by atoms with van der Waals surface area (Å²) in [7, 11) is 5.19. The lowest BCUT2D eigenvalue weighted by molar-refractivity contribution is -0.133. The second kappa shape index (κ2) is 10.6. The van der Waals surface area contributed by atoms with Crippen molar-refractivity contribution in [3.8, 4) is 28.4 Å². The maximum atomic E-state index is 13.7. The first-order valence-corrected chi connectivity index (χ1v) is 12.5.